The van der Waals surface area contributed by atoms with Gasteiger partial charge in [-0.1, -0.05) is 44.9 Å². The lowest BCUT2D eigenvalue weighted by molar-refractivity contribution is 0.353. The molecule has 0 fully saturated rings. The molecule has 102 valence electrons. The highest BCUT2D eigenvalue weighted by molar-refractivity contribution is 5.84. The lowest BCUT2D eigenvalue weighted by atomic mass is 9.95. The van der Waals surface area contributed by atoms with Crippen LogP contribution in [0.3, 0.4) is 0 Å². The third-order valence-electron chi connectivity index (χ3n) is 4.14. The Kier molecular flexibility index (Phi) is 4.92. The molecule has 0 saturated carbocycles. The molecule has 2 rings (SSSR count). The first-order valence-corrected chi connectivity index (χ1v) is 7.31. The largest absolute Gasteiger partial charge is 0.310 e. The first-order valence-electron chi connectivity index (χ1n) is 7.31. The molecule has 0 aliphatic carbocycles. The van der Waals surface area contributed by atoms with Crippen molar-refractivity contribution in [1.82, 2.24) is 10.3 Å². The van der Waals surface area contributed by atoms with Crippen LogP contribution in [0.1, 0.15) is 39.2 Å². The van der Waals surface area contributed by atoms with Gasteiger partial charge >= 0.3 is 0 Å². The van der Waals surface area contributed by atoms with Crippen LogP contribution >= 0.6 is 0 Å². The summed E-state index contributed by atoms with van der Waals surface area (Å²) < 4.78 is 0. The monoisotopic (exact) mass is 256 g/mol. The van der Waals surface area contributed by atoms with Gasteiger partial charge in [-0.25, -0.2) is 0 Å². The van der Waals surface area contributed by atoms with Gasteiger partial charge in [0, 0.05) is 30.4 Å². The zero-order chi connectivity index (χ0) is 13.7. The summed E-state index contributed by atoms with van der Waals surface area (Å²) in [7, 11) is 0. The molecule has 1 unspecified atom stereocenters. The number of aromatic nitrogens is 1. The Bertz CT molecular complexity index is 512. The third-order valence-corrected chi connectivity index (χ3v) is 4.14. The normalized spacial score (nSPS) is 13.1. The van der Waals surface area contributed by atoms with E-state index in [-0.39, 0.29) is 0 Å². The van der Waals surface area contributed by atoms with Gasteiger partial charge in [0.2, 0.25) is 0 Å². The van der Waals surface area contributed by atoms with E-state index in [1.807, 2.05) is 12.4 Å². The Labute approximate surface area is 116 Å². The van der Waals surface area contributed by atoms with Crippen LogP contribution < -0.4 is 5.32 Å². The molecule has 1 atom stereocenters. The van der Waals surface area contributed by atoms with Gasteiger partial charge in [-0.2, -0.15) is 0 Å². The van der Waals surface area contributed by atoms with E-state index in [1.54, 1.807) is 0 Å². The van der Waals surface area contributed by atoms with Crippen molar-refractivity contribution in [3.8, 4) is 0 Å². The highest BCUT2D eigenvalue weighted by Crippen LogP contribution is 2.18. The minimum atomic E-state index is 0.562. The Morgan fingerprint density at radius 2 is 1.95 bits per heavy atom. The standard InChI is InChI=1S/C17H24N2/c1-4-14(5-2)13(3)19-12-16-8-6-7-15-11-18-10-9-17(15)16/h6-11,13-14,19H,4-5,12H2,1-3H3. The number of fused-ring (bicyclic) bond motifs is 1. The molecular weight excluding hydrogens is 232 g/mol. The summed E-state index contributed by atoms with van der Waals surface area (Å²) in [6.45, 7) is 7.77. The van der Waals surface area contributed by atoms with Gasteiger partial charge in [0.1, 0.15) is 0 Å². The van der Waals surface area contributed by atoms with Crippen molar-refractivity contribution in [2.45, 2.75) is 46.2 Å². The molecule has 1 heterocycles. The van der Waals surface area contributed by atoms with E-state index in [9.17, 15) is 0 Å². The Balaban J connectivity index is 2.09. The molecule has 0 saturated heterocycles. The van der Waals surface area contributed by atoms with E-state index in [0.717, 1.165) is 12.5 Å². The fraction of sp³-hybridized carbons (Fsp3) is 0.471. The lowest BCUT2D eigenvalue weighted by Crippen LogP contribution is -2.32. The summed E-state index contributed by atoms with van der Waals surface area (Å²) in [5.74, 6) is 0.761. The first-order chi connectivity index (χ1) is 9.26. The SMILES string of the molecule is CCC(CC)C(C)NCc1cccc2cnccc12. The van der Waals surface area contributed by atoms with Crippen LogP contribution in [0.15, 0.2) is 36.7 Å². The van der Waals surface area contributed by atoms with Gasteiger partial charge in [-0.3, -0.25) is 4.98 Å². The quantitative estimate of drug-likeness (QED) is 0.840. The predicted molar refractivity (Wildman–Crippen MR) is 82.1 cm³/mol. The van der Waals surface area contributed by atoms with Crippen molar-refractivity contribution in [2.24, 2.45) is 5.92 Å². The van der Waals surface area contributed by atoms with Crippen LogP contribution in [0.4, 0.5) is 0 Å². The summed E-state index contributed by atoms with van der Waals surface area (Å²) in [5, 5.41) is 6.20. The molecule has 2 nitrogen and oxygen atoms in total. The van der Waals surface area contributed by atoms with Crippen LogP contribution in [-0.2, 0) is 6.54 Å². The molecule has 19 heavy (non-hydrogen) atoms. The van der Waals surface area contributed by atoms with Crippen LogP contribution in [0.25, 0.3) is 10.8 Å². The molecule has 0 aliphatic heterocycles. The lowest BCUT2D eigenvalue weighted by Gasteiger charge is -2.23. The number of nitrogens with one attached hydrogen (secondary N) is 1. The average Bonchev–Trinajstić information content (AvgIpc) is 2.46. The molecule has 0 bridgehead atoms. The molecule has 1 N–H and O–H groups in total. The zero-order valence-corrected chi connectivity index (χ0v) is 12.2. The average molecular weight is 256 g/mol. The second-order valence-corrected chi connectivity index (χ2v) is 5.26. The first kappa shape index (κ1) is 14.0. The fourth-order valence-electron chi connectivity index (χ4n) is 2.78. The van der Waals surface area contributed by atoms with Crippen molar-refractivity contribution in [1.29, 1.82) is 0 Å². The molecule has 0 spiro atoms. The number of nitrogens with zero attached hydrogens (tertiary/aromatic N) is 1. The number of benzene rings is 1. The van der Waals surface area contributed by atoms with Crippen molar-refractivity contribution in [3.63, 3.8) is 0 Å². The Hall–Kier alpha value is -1.41. The van der Waals surface area contributed by atoms with Crippen LogP contribution in [0, 0.1) is 5.92 Å². The summed E-state index contributed by atoms with van der Waals surface area (Å²) in [6, 6.07) is 9.11. The van der Waals surface area contributed by atoms with E-state index in [4.69, 9.17) is 0 Å². The molecule has 2 aromatic rings. The number of rotatable bonds is 6. The van der Waals surface area contributed by atoms with Gasteiger partial charge in [0.05, 0.1) is 0 Å². The zero-order valence-electron chi connectivity index (χ0n) is 12.2. The highest BCUT2D eigenvalue weighted by Gasteiger charge is 2.12. The topological polar surface area (TPSA) is 24.9 Å². The minimum absolute atomic E-state index is 0.562. The van der Waals surface area contributed by atoms with Crippen molar-refractivity contribution in [3.05, 3.63) is 42.2 Å². The number of hydrogen-bond donors (Lipinski definition) is 1. The van der Waals surface area contributed by atoms with Gasteiger partial charge in [-0.15, -0.1) is 0 Å². The summed E-state index contributed by atoms with van der Waals surface area (Å²) >= 11 is 0. The van der Waals surface area contributed by atoms with Crippen LogP contribution in [0.5, 0.6) is 0 Å². The van der Waals surface area contributed by atoms with E-state index < -0.39 is 0 Å². The Morgan fingerprint density at radius 3 is 2.68 bits per heavy atom. The molecule has 0 amide bonds. The number of hydrogen-bond acceptors (Lipinski definition) is 2. The molecule has 0 aliphatic rings. The van der Waals surface area contributed by atoms with Gasteiger partial charge < -0.3 is 5.32 Å². The second-order valence-electron chi connectivity index (χ2n) is 5.26. The summed E-state index contributed by atoms with van der Waals surface area (Å²) in [4.78, 5) is 4.18. The maximum absolute atomic E-state index is 4.18. The van der Waals surface area contributed by atoms with E-state index in [1.165, 1.54) is 29.2 Å². The highest BCUT2D eigenvalue weighted by atomic mass is 14.9. The van der Waals surface area contributed by atoms with Gasteiger partial charge in [0.25, 0.3) is 0 Å². The molecule has 0 radical (unpaired) electrons. The second kappa shape index (κ2) is 6.67. The van der Waals surface area contributed by atoms with Gasteiger partial charge in [0.15, 0.2) is 0 Å². The van der Waals surface area contributed by atoms with E-state index in [2.05, 4.69) is 55.3 Å². The van der Waals surface area contributed by atoms with Crippen LogP contribution in [0.2, 0.25) is 0 Å². The predicted octanol–water partition coefficient (Wildman–Crippen LogP) is 4.15. The fourth-order valence-corrected chi connectivity index (χ4v) is 2.78. The van der Waals surface area contributed by atoms with Gasteiger partial charge in [-0.05, 0) is 29.9 Å². The minimum Gasteiger partial charge on any atom is -0.310 e. The summed E-state index contributed by atoms with van der Waals surface area (Å²) in [5.41, 5.74) is 1.36. The van der Waals surface area contributed by atoms with Crippen molar-refractivity contribution >= 4 is 10.8 Å². The third kappa shape index (κ3) is 3.32. The van der Waals surface area contributed by atoms with E-state index >= 15 is 0 Å². The Morgan fingerprint density at radius 1 is 1.16 bits per heavy atom. The number of pyridine rings is 1. The molecule has 1 aromatic heterocycles. The van der Waals surface area contributed by atoms with Crippen LogP contribution in [-0.4, -0.2) is 11.0 Å². The van der Waals surface area contributed by atoms with E-state index in [0.29, 0.717) is 6.04 Å². The smallest absolute Gasteiger partial charge is 0.0346 e. The maximum atomic E-state index is 4.18. The molecular formula is C17H24N2. The van der Waals surface area contributed by atoms with Crippen molar-refractivity contribution < 1.29 is 0 Å². The molecule has 1 aromatic carbocycles. The maximum Gasteiger partial charge on any atom is 0.0346 e. The van der Waals surface area contributed by atoms with Crippen molar-refractivity contribution in [2.75, 3.05) is 0 Å². The summed E-state index contributed by atoms with van der Waals surface area (Å²) in [6.07, 6.45) is 6.29. The molecule has 2 heteroatoms.